The van der Waals surface area contributed by atoms with Crippen LogP contribution in [0, 0.1) is 11.8 Å². The highest BCUT2D eigenvalue weighted by Gasteiger charge is 2.47. The number of amides is 2. The summed E-state index contributed by atoms with van der Waals surface area (Å²) in [5.41, 5.74) is 0.913. The number of carbonyl (C=O) groups is 4. The van der Waals surface area contributed by atoms with Gasteiger partial charge in [-0.05, 0) is 49.2 Å². The van der Waals surface area contributed by atoms with Gasteiger partial charge in [-0.3, -0.25) is 19.3 Å². The number of ketones is 1. The Balaban J connectivity index is 1.42. The molecular formula is C23H18ClNO5. The second-order valence-corrected chi connectivity index (χ2v) is 7.60. The predicted octanol–water partition coefficient (Wildman–Crippen LogP) is 3.84. The molecule has 1 aliphatic heterocycles. The highest BCUT2D eigenvalue weighted by atomic mass is 35.5. The van der Waals surface area contributed by atoms with Crippen LogP contribution in [0.15, 0.2) is 60.7 Å². The van der Waals surface area contributed by atoms with Crippen molar-refractivity contribution < 1.29 is 23.9 Å². The molecule has 0 N–H and O–H groups in total. The van der Waals surface area contributed by atoms with E-state index in [1.54, 1.807) is 24.3 Å². The fourth-order valence-electron chi connectivity index (χ4n) is 3.78. The maximum atomic E-state index is 12.6. The molecule has 30 heavy (non-hydrogen) atoms. The summed E-state index contributed by atoms with van der Waals surface area (Å²) in [6, 6.07) is 12.5. The Bertz CT molecular complexity index is 1030. The van der Waals surface area contributed by atoms with Crippen molar-refractivity contribution in [2.75, 3.05) is 11.5 Å². The van der Waals surface area contributed by atoms with Gasteiger partial charge in [-0.1, -0.05) is 35.9 Å². The molecule has 1 fully saturated rings. The second kappa shape index (κ2) is 8.24. The van der Waals surface area contributed by atoms with Gasteiger partial charge < -0.3 is 4.74 Å². The van der Waals surface area contributed by atoms with E-state index in [4.69, 9.17) is 16.3 Å². The van der Waals surface area contributed by atoms with Crippen LogP contribution in [0.4, 0.5) is 5.69 Å². The zero-order valence-corrected chi connectivity index (χ0v) is 16.7. The van der Waals surface area contributed by atoms with E-state index in [-0.39, 0.29) is 34.8 Å². The smallest absolute Gasteiger partial charge is 0.338 e. The molecular weight excluding hydrogens is 406 g/mol. The lowest BCUT2D eigenvalue weighted by molar-refractivity contribution is -0.122. The molecule has 2 atom stereocenters. The summed E-state index contributed by atoms with van der Waals surface area (Å²) in [5, 5.41) is 0.290. The first kappa shape index (κ1) is 20.0. The topological polar surface area (TPSA) is 80.8 Å². The first-order chi connectivity index (χ1) is 14.5. The van der Waals surface area contributed by atoms with Gasteiger partial charge in [-0.2, -0.15) is 0 Å². The number of allylic oxidation sites excluding steroid dienone is 2. The number of esters is 1. The third-order valence-corrected chi connectivity index (χ3v) is 5.71. The van der Waals surface area contributed by atoms with Gasteiger partial charge in [-0.25, -0.2) is 4.79 Å². The molecule has 0 radical (unpaired) electrons. The van der Waals surface area contributed by atoms with Crippen LogP contribution in [-0.2, 0) is 14.3 Å². The number of carbonyl (C=O) groups excluding carboxylic acids is 4. The molecule has 1 aliphatic carbocycles. The standard InChI is InChI=1S/C23H18ClNO5/c24-19-8-4-3-7-18(19)20(26)13-30-23(29)14-9-11-15(12-10-14)25-21(27)16-5-1-2-6-17(16)22(25)28/h1-4,7-12,16-17H,5-6,13H2. The number of hydrogen-bond acceptors (Lipinski definition) is 5. The fourth-order valence-corrected chi connectivity index (χ4v) is 4.02. The lowest BCUT2D eigenvalue weighted by Gasteiger charge is -2.15. The summed E-state index contributed by atoms with van der Waals surface area (Å²) in [6.45, 7) is -0.441. The summed E-state index contributed by atoms with van der Waals surface area (Å²) < 4.78 is 5.08. The van der Waals surface area contributed by atoms with Crippen LogP contribution in [0.25, 0.3) is 0 Å². The average Bonchev–Trinajstić information content (AvgIpc) is 3.02. The number of fused-ring (bicyclic) bond motifs is 1. The van der Waals surface area contributed by atoms with Crippen LogP contribution in [0.3, 0.4) is 0 Å². The number of ether oxygens (including phenoxy) is 1. The minimum atomic E-state index is -0.682. The zero-order valence-electron chi connectivity index (χ0n) is 15.9. The molecule has 152 valence electrons. The number of benzene rings is 2. The number of imide groups is 1. The highest BCUT2D eigenvalue weighted by molar-refractivity contribution is 6.34. The van der Waals surface area contributed by atoms with Crippen LogP contribution >= 0.6 is 11.6 Å². The van der Waals surface area contributed by atoms with Crippen molar-refractivity contribution in [1.29, 1.82) is 0 Å². The van der Waals surface area contributed by atoms with Gasteiger partial charge in [0.1, 0.15) is 0 Å². The molecule has 0 aromatic heterocycles. The van der Waals surface area contributed by atoms with Crippen LogP contribution < -0.4 is 4.90 Å². The maximum Gasteiger partial charge on any atom is 0.338 e. The molecule has 0 spiro atoms. The third-order valence-electron chi connectivity index (χ3n) is 5.38. The van der Waals surface area contributed by atoms with Gasteiger partial charge >= 0.3 is 5.97 Å². The normalized spacial score (nSPS) is 20.2. The van der Waals surface area contributed by atoms with Crippen molar-refractivity contribution in [3.05, 3.63) is 76.8 Å². The zero-order chi connectivity index (χ0) is 21.3. The van der Waals surface area contributed by atoms with Crippen LogP contribution in [0.2, 0.25) is 5.02 Å². The summed E-state index contributed by atoms with van der Waals surface area (Å²) in [5.74, 6) is -2.15. The summed E-state index contributed by atoms with van der Waals surface area (Å²) >= 11 is 5.98. The van der Waals surface area contributed by atoms with E-state index in [0.29, 0.717) is 23.6 Å². The van der Waals surface area contributed by atoms with Crippen molar-refractivity contribution in [2.45, 2.75) is 12.8 Å². The first-order valence-electron chi connectivity index (χ1n) is 9.55. The number of anilines is 1. The SMILES string of the molecule is O=C(OCC(=O)c1ccccc1Cl)c1ccc(N2C(=O)C3CC=CCC3C2=O)cc1. The molecule has 7 heteroatoms. The maximum absolute atomic E-state index is 12.6. The van der Waals surface area contributed by atoms with E-state index in [9.17, 15) is 19.2 Å². The van der Waals surface area contributed by atoms with E-state index in [0.717, 1.165) is 0 Å². The lowest BCUT2D eigenvalue weighted by atomic mass is 9.85. The molecule has 2 unspecified atom stereocenters. The number of Topliss-reactive ketones (excluding diaryl/α,β-unsaturated/α-hetero) is 1. The quantitative estimate of drug-likeness (QED) is 0.316. The van der Waals surface area contributed by atoms with Gasteiger partial charge in [0.25, 0.3) is 0 Å². The minimum absolute atomic E-state index is 0.212. The molecule has 1 heterocycles. The molecule has 4 rings (SSSR count). The monoisotopic (exact) mass is 423 g/mol. The molecule has 2 aromatic carbocycles. The van der Waals surface area contributed by atoms with E-state index in [1.807, 2.05) is 12.2 Å². The molecule has 2 amide bonds. The van der Waals surface area contributed by atoms with Crippen molar-refractivity contribution in [2.24, 2.45) is 11.8 Å². The Morgan fingerprint density at radius 3 is 2.13 bits per heavy atom. The van der Waals surface area contributed by atoms with E-state index in [2.05, 4.69) is 0 Å². The minimum Gasteiger partial charge on any atom is -0.454 e. The summed E-state index contributed by atoms with van der Waals surface area (Å²) in [7, 11) is 0. The van der Waals surface area contributed by atoms with E-state index in [1.165, 1.54) is 29.2 Å². The highest BCUT2D eigenvalue weighted by Crippen LogP contribution is 2.37. The molecule has 2 aliphatic rings. The third kappa shape index (κ3) is 3.66. The summed E-state index contributed by atoms with van der Waals surface area (Å²) in [6.07, 6.45) is 4.99. The van der Waals surface area contributed by atoms with Crippen molar-refractivity contribution in [1.82, 2.24) is 0 Å². The summed E-state index contributed by atoms with van der Waals surface area (Å²) in [4.78, 5) is 50.9. The molecule has 1 saturated heterocycles. The molecule has 0 bridgehead atoms. The van der Waals surface area contributed by atoms with Crippen molar-refractivity contribution in [3.63, 3.8) is 0 Å². The number of rotatable bonds is 5. The van der Waals surface area contributed by atoms with Crippen LogP contribution in [0.1, 0.15) is 33.6 Å². The number of halogens is 1. The van der Waals surface area contributed by atoms with Gasteiger partial charge in [0.05, 0.1) is 28.1 Å². The van der Waals surface area contributed by atoms with Crippen LogP contribution in [0.5, 0.6) is 0 Å². The van der Waals surface area contributed by atoms with Gasteiger partial charge in [0.2, 0.25) is 17.6 Å². The Hall–Kier alpha value is -3.25. The van der Waals surface area contributed by atoms with E-state index >= 15 is 0 Å². The molecule has 6 nitrogen and oxygen atoms in total. The Labute approximate surface area is 178 Å². The Kier molecular flexibility index (Phi) is 5.50. The predicted molar refractivity (Wildman–Crippen MR) is 110 cm³/mol. The van der Waals surface area contributed by atoms with Crippen molar-refractivity contribution in [3.8, 4) is 0 Å². The lowest BCUT2D eigenvalue weighted by Crippen LogP contribution is -2.30. The number of nitrogens with zero attached hydrogens (tertiary/aromatic N) is 1. The number of hydrogen-bond donors (Lipinski definition) is 0. The average molecular weight is 424 g/mol. The fraction of sp³-hybridized carbons (Fsp3) is 0.217. The van der Waals surface area contributed by atoms with Gasteiger partial charge in [0.15, 0.2) is 6.61 Å². The Morgan fingerprint density at radius 1 is 0.933 bits per heavy atom. The first-order valence-corrected chi connectivity index (χ1v) is 9.93. The molecule has 0 saturated carbocycles. The molecule has 2 aromatic rings. The van der Waals surface area contributed by atoms with E-state index < -0.39 is 18.4 Å². The second-order valence-electron chi connectivity index (χ2n) is 7.19. The Morgan fingerprint density at radius 2 is 1.53 bits per heavy atom. The van der Waals surface area contributed by atoms with Crippen LogP contribution in [-0.4, -0.2) is 30.2 Å². The van der Waals surface area contributed by atoms with Gasteiger partial charge in [-0.15, -0.1) is 0 Å². The van der Waals surface area contributed by atoms with Crippen molar-refractivity contribution >= 4 is 40.9 Å². The van der Waals surface area contributed by atoms with Gasteiger partial charge in [0, 0.05) is 5.56 Å². The largest absolute Gasteiger partial charge is 0.454 e.